The fourth-order valence-corrected chi connectivity index (χ4v) is 3.17. The minimum atomic E-state index is -3.53. The van der Waals surface area contributed by atoms with Gasteiger partial charge in [-0.25, -0.2) is 13.1 Å². The first-order chi connectivity index (χ1) is 7.86. The zero-order valence-corrected chi connectivity index (χ0v) is 12.1. The summed E-state index contributed by atoms with van der Waals surface area (Å²) in [4.78, 5) is 0.212. The van der Waals surface area contributed by atoms with E-state index in [2.05, 4.69) is 20.7 Å². The minimum absolute atomic E-state index is 0.0534. The van der Waals surface area contributed by atoms with E-state index < -0.39 is 10.0 Å². The number of rotatable bonds is 5. The summed E-state index contributed by atoms with van der Waals surface area (Å²) in [7, 11) is -3.53. The summed E-state index contributed by atoms with van der Waals surface area (Å²) < 4.78 is 27.3. The van der Waals surface area contributed by atoms with E-state index in [1.54, 1.807) is 32.0 Å². The van der Waals surface area contributed by atoms with Gasteiger partial charge in [0.25, 0.3) is 0 Å². The largest absolute Gasteiger partial charge is 0.396 e. The molecule has 0 amide bonds. The van der Waals surface area contributed by atoms with Crippen molar-refractivity contribution >= 4 is 26.0 Å². The lowest BCUT2D eigenvalue weighted by Crippen LogP contribution is -2.38. The van der Waals surface area contributed by atoms with Crippen LogP contribution in [0.3, 0.4) is 0 Å². The van der Waals surface area contributed by atoms with Crippen LogP contribution in [0.2, 0.25) is 0 Å². The maximum atomic E-state index is 12.0. The van der Waals surface area contributed by atoms with E-state index in [0.717, 1.165) is 0 Å². The number of sulfonamides is 1. The van der Waals surface area contributed by atoms with Crippen molar-refractivity contribution in [2.75, 3.05) is 6.61 Å². The van der Waals surface area contributed by atoms with Crippen LogP contribution in [0.5, 0.6) is 0 Å². The number of benzene rings is 1. The third kappa shape index (κ3) is 4.06. The molecule has 2 unspecified atom stereocenters. The first-order valence-corrected chi connectivity index (χ1v) is 7.53. The van der Waals surface area contributed by atoms with Crippen LogP contribution in [0.4, 0.5) is 0 Å². The zero-order chi connectivity index (χ0) is 13.1. The Bertz CT molecular complexity index is 475. The Morgan fingerprint density at radius 3 is 2.59 bits per heavy atom. The topological polar surface area (TPSA) is 66.4 Å². The highest BCUT2D eigenvalue weighted by Crippen LogP contribution is 2.17. The van der Waals surface area contributed by atoms with Gasteiger partial charge in [0.15, 0.2) is 0 Å². The minimum Gasteiger partial charge on any atom is -0.396 e. The summed E-state index contributed by atoms with van der Waals surface area (Å²) >= 11 is 3.23. The molecule has 6 heteroatoms. The van der Waals surface area contributed by atoms with Gasteiger partial charge in [-0.05, 0) is 31.0 Å². The standard InChI is InChI=1S/C11H16BrNO3S/c1-8(7-14)9(2)13-17(15,16)11-5-3-4-10(12)6-11/h3-6,8-9,13-14H,7H2,1-2H3. The molecule has 96 valence electrons. The number of halogens is 1. The van der Waals surface area contributed by atoms with Crippen molar-refractivity contribution in [2.45, 2.75) is 24.8 Å². The van der Waals surface area contributed by atoms with Gasteiger partial charge in [0.1, 0.15) is 0 Å². The Labute approximate surface area is 110 Å². The van der Waals surface area contributed by atoms with Crippen molar-refractivity contribution in [3.05, 3.63) is 28.7 Å². The van der Waals surface area contributed by atoms with Crippen molar-refractivity contribution < 1.29 is 13.5 Å². The summed E-state index contributed by atoms with van der Waals surface area (Å²) in [6.07, 6.45) is 0. The molecule has 0 aliphatic rings. The molecule has 0 bridgehead atoms. The van der Waals surface area contributed by atoms with E-state index >= 15 is 0 Å². The second kappa shape index (κ2) is 5.95. The van der Waals surface area contributed by atoms with Gasteiger partial charge in [-0.15, -0.1) is 0 Å². The van der Waals surface area contributed by atoms with Gasteiger partial charge >= 0.3 is 0 Å². The third-order valence-corrected chi connectivity index (χ3v) is 4.64. The second-order valence-electron chi connectivity index (χ2n) is 4.03. The first-order valence-electron chi connectivity index (χ1n) is 5.25. The molecular weight excluding hydrogens is 306 g/mol. The fourth-order valence-electron chi connectivity index (χ4n) is 1.22. The maximum Gasteiger partial charge on any atom is 0.240 e. The van der Waals surface area contributed by atoms with Crippen molar-refractivity contribution in [1.82, 2.24) is 4.72 Å². The smallest absolute Gasteiger partial charge is 0.240 e. The molecule has 0 aliphatic carbocycles. The number of hydrogen-bond donors (Lipinski definition) is 2. The van der Waals surface area contributed by atoms with E-state index in [0.29, 0.717) is 4.47 Å². The lowest BCUT2D eigenvalue weighted by molar-refractivity contribution is 0.216. The van der Waals surface area contributed by atoms with E-state index in [-0.39, 0.29) is 23.5 Å². The summed E-state index contributed by atoms with van der Waals surface area (Å²) in [5, 5.41) is 8.97. The summed E-state index contributed by atoms with van der Waals surface area (Å²) in [5.74, 6) is -0.128. The molecule has 0 aromatic heterocycles. The quantitative estimate of drug-likeness (QED) is 0.868. The highest BCUT2D eigenvalue weighted by atomic mass is 79.9. The lowest BCUT2D eigenvalue weighted by atomic mass is 10.1. The van der Waals surface area contributed by atoms with Gasteiger partial charge in [0.2, 0.25) is 10.0 Å². The van der Waals surface area contributed by atoms with E-state index in [1.807, 2.05) is 0 Å². The molecule has 2 N–H and O–H groups in total. The molecule has 1 aromatic carbocycles. The lowest BCUT2D eigenvalue weighted by Gasteiger charge is -2.19. The molecule has 2 atom stereocenters. The highest BCUT2D eigenvalue weighted by molar-refractivity contribution is 9.10. The normalized spacial score (nSPS) is 15.5. The molecule has 1 aromatic rings. The SMILES string of the molecule is CC(CO)C(C)NS(=O)(=O)c1cccc(Br)c1. The van der Waals surface area contributed by atoms with Crippen LogP contribution in [-0.2, 0) is 10.0 Å². The van der Waals surface area contributed by atoms with Crippen LogP contribution in [0.15, 0.2) is 33.6 Å². The Morgan fingerprint density at radius 2 is 2.06 bits per heavy atom. The molecular formula is C11H16BrNO3S. The Hall–Kier alpha value is -0.430. The Morgan fingerprint density at radius 1 is 1.41 bits per heavy atom. The Kier molecular flexibility index (Phi) is 5.12. The van der Waals surface area contributed by atoms with Crippen molar-refractivity contribution in [3.8, 4) is 0 Å². The molecule has 0 aliphatic heterocycles. The van der Waals surface area contributed by atoms with Crippen molar-refractivity contribution in [2.24, 2.45) is 5.92 Å². The zero-order valence-electron chi connectivity index (χ0n) is 9.72. The van der Waals surface area contributed by atoms with Gasteiger partial charge in [-0.2, -0.15) is 0 Å². The van der Waals surface area contributed by atoms with Crippen LogP contribution in [0.25, 0.3) is 0 Å². The van der Waals surface area contributed by atoms with Gasteiger partial charge in [-0.3, -0.25) is 0 Å². The molecule has 0 saturated carbocycles. The van der Waals surface area contributed by atoms with Crippen LogP contribution >= 0.6 is 15.9 Å². The number of hydrogen-bond acceptors (Lipinski definition) is 3. The fraction of sp³-hybridized carbons (Fsp3) is 0.455. The van der Waals surface area contributed by atoms with E-state index in [9.17, 15) is 8.42 Å². The molecule has 0 heterocycles. The van der Waals surface area contributed by atoms with Gasteiger partial charge in [0, 0.05) is 17.1 Å². The average Bonchev–Trinajstić information content (AvgIpc) is 2.27. The van der Waals surface area contributed by atoms with Gasteiger partial charge in [-0.1, -0.05) is 28.9 Å². The number of aliphatic hydroxyl groups is 1. The number of nitrogens with one attached hydrogen (secondary N) is 1. The second-order valence-corrected chi connectivity index (χ2v) is 6.66. The predicted molar refractivity (Wildman–Crippen MR) is 70.2 cm³/mol. The van der Waals surface area contributed by atoms with Crippen LogP contribution in [0.1, 0.15) is 13.8 Å². The molecule has 0 radical (unpaired) electrons. The van der Waals surface area contributed by atoms with Crippen molar-refractivity contribution in [1.29, 1.82) is 0 Å². The summed E-state index contributed by atoms with van der Waals surface area (Å²) in [6.45, 7) is 3.46. The van der Waals surface area contributed by atoms with Crippen LogP contribution in [0, 0.1) is 5.92 Å². The van der Waals surface area contributed by atoms with Crippen LogP contribution in [-0.4, -0.2) is 26.2 Å². The molecule has 0 spiro atoms. The number of aliphatic hydroxyl groups excluding tert-OH is 1. The third-order valence-electron chi connectivity index (χ3n) is 2.59. The van der Waals surface area contributed by atoms with Gasteiger partial charge in [0.05, 0.1) is 4.90 Å². The van der Waals surface area contributed by atoms with Crippen molar-refractivity contribution in [3.63, 3.8) is 0 Å². The maximum absolute atomic E-state index is 12.0. The molecule has 1 rings (SSSR count). The highest BCUT2D eigenvalue weighted by Gasteiger charge is 2.20. The molecule has 0 fully saturated rings. The monoisotopic (exact) mass is 321 g/mol. The summed E-state index contributed by atoms with van der Waals surface area (Å²) in [6, 6.07) is 6.18. The van der Waals surface area contributed by atoms with Gasteiger partial charge < -0.3 is 5.11 Å². The van der Waals surface area contributed by atoms with E-state index in [4.69, 9.17) is 5.11 Å². The Balaban J connectivity index is 2.89. The molecule has 17 heavy (non-hydrogen) atoms. The molecule has 4 nitrogen and oxygen atoms in total. The van der Waals surface area contributed by atoms with E-state index in [1.165, 1.54) is 6.07 Å². The molecule has 0 saturated heterocycles. The van der Waals surface area contributed by atoms with Crippen LogP contribution < -0.4 is 4.72 Å². The predicted octanol–water partition coefficient (Wildman–Crippen LogP) is 1.74. The summed E-state index contributed by atoms with van der Waals surface area (Å²) in [5.41, 5.74) is 0. The average molecular weight is 322 g/mol. The first kappa shape index (κ1) is 14.6.